The smallest absolute Gasteiger partial charge is 0.138 e. The summed E-state index contributed by atoms with van der Waals surface area (Å²) in [4.78, 5) is 2.13. The molecular formula is C24H36I2O8S2. The molecule has 0 atom stereocenters. The van der Waals surface area contributed by atoms with Crippen LogP contribution in [0, 0.1) is 0 Å². The fourth-order valence-electron chi connectivity index (χ4n) is 2.77. The van der Waals surface area contributed by atoms with Gasteiger partial charge in [0.1, 0.15) is 24.7 Å². The summed E-state index contributed by atoms with van der Waals surface area (Å²) in [5.74, 6) is 1.69. The van der Waals surface area contributed by atoms with E-state index in [1.54, 1.807) is 22.7 Å². The van der Waals surface area contributed by atoms with E-state index >= 15 is 0 Å². The topological polar surface area (TPSA) is 73.8 Å². The Labute approximate surface area is 249 Å². The van der Waals surface area contributed by atoms with Crippen molar-refractivity contribution < 1.29 is 37.9 Å². The van der Waals surface area contributed by atoms with Crippen molar-refractivity contribution in [3.8, 4) is 21.3 Å². The number of hydrogen-bond donors (Lipinski definition) is 0. The van der Waals surface area contributed by atoms with Crippen molar-refractivity contribution in [3.63, 3.8) is 0 Å². The maximum absolute atomic E-state index is 5.97. The summed E-state index contributed by atoms with van der Waals surface area (Å²) in [5, 5.41) is 4.05. The largest absolute Gasteiger partial charge is 0.490 e. The molecule has 36 heavy (non-hydrogen) atoms. The van der Waals surface area contributed by atoms with E-state index < -0.39 is 0 Å². The zero-order valence-corrected chi connectivity index (χ0v) is 26.4. The Morgan fingerprint density at radius 3 is 1.08 bits per heavy atom. The van der Waals surface area contributed by atoms with Gasteiger partial charge in [-0.3, -0.25) is 0 Å². The normalized spacial score (nSPS) is 11.3. The van der Waals surface area contributed by atoms with E-state index in [9.17, 15) is 0 Å². The summed E-state index contributed by atoms with van der Waals surface area (Å²) < 4.78 is 46.8. The Morgan fingerprint density at radius 1 is 0.444 bits per heavy atom. The molecule has 0 N–H and O–H groups in total. The van der Waals surface area contributed by atoms with Crippen molar-refractivity contribution in [2.45, 2.75) is 0 Å². The standard InChI is InChI=1S/C24H36I2O8S2/c25-3-5-27-7-9-29-11-13-31-15-17-33-21-1-19-35-23(21)24-22(2-20-36-24)34-18-16-32-14-12-30-10-8-28-6-4-26/h1-2,19-20H,3-18H2. The van der Waals surface area contributed by atoms with Crippen molar-refractivity contribution in [2.24, 2.45) is 0 Å². The molecule has 0 aromatic carbocycles. The molecule has 0 fully saturated rings. The molecular weight excluding hydrogens is 734 g/mol. The lowest BCUT2D eigenvalue weighted by Crippen LogP contribution is -2.13. The van der Waals surface area contributed by atoms with Gasteiger partial charge in [-0.1, -0.05) is 45.2 Å². The molecule has 2 rings (SSSR count). The number of hydrogen-bond acceptors (Lipinski definition) is 10. The van der Waals surface area contributed by atoms with Gasteiger partial charge in [0.05, 0.1) is 89.0 Å². The molecule has 0 spiro atoms. The number of halogens is 2. The second-order valence-corrected chi connectivity index (χ2v) is 11.0. The molecule has 2 aromatic heterocycles. The fraction of sp³-hybridized carbons (Fsp3) is 0.667. The molecule has 2 heterocycles. The monoisotopic (exact) mass is 770 g/mol. The van der Waals surface area contributed by atoms with Gasteiger partial charge in [-0.2, -0.15) is 0 Å². The van der Waals surface area contributed by atoms with E-state index in [2.05, 4.69) is 45.2 Å². The molecule has 0 radical (unpaired) electrons. The molecule has 0 saturated heterocycles. The van der Waals surface area contributed by atoms with Gasteiger partial charge in [0.25, 0.3) is 0 Å². The van der Waals surface area contributed by atoms with Gasteiger partial charge < -0.3 is 37.9 Å². The van der Waals surface area contributed by atoms with Crippen LogP contribution in [0.15, 0.2) is 22.9 Å². The summed E-state index contributed by atoms with van der Waals surface area (Å²) in [6.45, 7) is 8.11. The van der Waals surface area contributed by atoms with Crippen LogP contribution in [-0.2, 0) is 28.4 Å². The van der Waals surface area contributed by atoms with Crippen molar-refractivity contribution in [3.05, 3.63) is 22.9 Å². The zero-order chi connectivity index (χ0) is 25.5. The third kappa shape index (κ3) is 15.0. The van der Waals surface area contributed by atoms with Gasteiger partial charge in [-0.15, -0.1) is 22.7 Å². The Balaban J connectivity index is 1.56. The van der Waals surface area contributed by atoms with E-state index in [1.165, 1.54) is 0 Å². The van der Waals surface area contributed by atoms with Gasteiger partial charge in [-0.25, -0.2) is 0 Å². The minimum atomic E-state index is 0.477. The van der Waals surface area contributed by atoms with Crippen LogP contribution in [0.3, 0.4) is 0 Å². The molecule has 0 amide bonds. The van der Waals surface area contributed by atoms with Crippen LogP contribution in [0.25, 0.3) is 9.75 Å². The van der Waals surface area contributed by atoms with E-state index in [4.69, 9.17) is 37.9 Å². The maximum atomic E-state index is 5.97. The van der Waals surface area contributed by atoms with Gasteiger partial charge in [-0.05, 0) is 22.9 Å². The second kappa shape index (κ2) is 23.1. The average molecular weight is 770 g/mol. The predicted octanol–water partition coefficient (Wildman–Crippen LogP) is 5.20. The summed E-state index contributed by atoms with van der Waals surface area (Å²) in [5.41, 5.74) is 0. The number of ether oxygens (including phenoxy) is 8. The number of alkyl halides is 2. The van der Waals surface area contributed by atoms with Crippen LogP contribution < -0.4 is 9.47 Å². The van der Waals surface area contributed by atoms with Crippen LogP contribution in [-0.4, -0.2) is 101 Å². The lowest BCUT2D eigenvalue weighted by atomic mass is 10.3. The Morgan fingerprint density at radius 2 is 0.750 bits per heavy atom. The maximum Gasteiger partial charge on any atom is 0.138 e. The van der Waals surface area contributed by atoms with Crippen molar-refractivity contribution in [1.29, 1.82) is 0 Å². The third-order valence-electron chi connectivity index (χ3n) is 4.37. The lowest BCUT2D eigenvalue weighted by molar-refractivity contribution is 0.0119. The first-order chi connectivity index (χ1) is 17.9. The molecule has 206 valence electrons. The van der Waals surface area contributed by atoms with Crippen LogP contribution >= 0.6 is 67.9 Å². The highest BCUT2D eigenvalue weighted by Crippen LogP contribution is 2.44. The summed E-state index contributed by atoms with van der Waals surface area (Å²) in [7, 11) is 0. The van der Waals surface area contributed by atoms with Gasteiger partial charge in [0.15, 0.2) is 0 Å². The number of thiophene rings is 2. The van der Waals surface area contributed by atoms with Gasteiger partial charge in [0.2, 0.25) is 0 Å². The highest BCUT2D eigenvalue weighted by Gasteiger charge is 2.15. The Hall–Kier alpha value is 0.220. The van der Waals surface area contributed by atoms with E-state index in [1.807, 2.05) is 22.9 Å². The van der Waals surface area contributed by atoms with Crippen molar-refractivity contribution in [2.75, 3.05) is 101 Å². The summed E-state index contributed by atoms with van der Waals surface area (Å²) >= 11 is 7.85. The molecule has 0 saturated carbocycles. The molecule has 0 aliphatic carbocycles. The highest BCUT2D eigenvalue weighted by molar-refractivity contribution is 14.1. The van der Waals surface area contributed by atoms with Gasteiger partial charge >= 0.3 is 0 Å². The van der Waals surface area contributed by atoms with Crippen LogP contribution in [0.1, 0.15) is 0 Å². The minimum Gasteiger partial charge on any atom is -0.490 e. The summed E-state index contributed by atoms with van der Waals surface area (Å²) in [6, 6.07) is 3.97. The first kappa shape index (κ1) is 32.4. The Bertz CT molecular complexity index is 700. The average Bonchev–Trinajstić information content (AvgIpc) is 3.55. The minimum absolute atomic E-state index is 0.477. The molecule has 8 nitrogen and oxygen atoms in total. The lowest BCUT2D eigenvalue weighted by Gasteiger charge is -2.10. The molecule has 12 heteroatoms. The number of rotatable bonds is 25. The summed E-state index contributed by atoms with van der Waals surface area (Å²) in [6.07, 6.45) is 0. The quantitative estimate of drug-likeness (QED) is 0.0776. The zero-order valence-electron chi connectivity index (χ0n) is 20.5. The van der Waals surface area contributed by atoms with E-state index in [-0.39, 0.29) is 0 Å². The molecule has 0 aliphatic heterocycles. The second-order valence-electron chi connectivity index (χ2n) is 6.98. The molecule has 2 aromatic rings. The van der Waals surface area contributed by atoms with Crippen molar-refractivity contribution >= 4 is 67.9 Å². The van der Waals surface area contributed by atoms with Crippen LogP contribution in [0.2, 0.25) is 0 Å². The third-order valence-corrected chi connectivity index (χ3v) is 7.20. The first-order valence-electron chi connectivity index (χ1n) is 11.9. The van der Waals surface area contributed by atoms with Crippen LogP contribution in [0.4, 0.5) is 0 Å². The SMILES string of the molecule is ICCOCCOCCOCCOc1ccsc1-c1sccc1OCCOCCOCCOCCI. The molecule has 0 bridgehead atoms. The van der Waals surface area contributed by atoms with E-state index in [0.717, 1.165) is 43.3 Å². The molecule has 0 unspecified atom stereocenters. The van der Waals surface area contributed by atoms with Crippen molar-refractivity contribution in [1.82, 2.24) is 0 Å². The first-order valence-corrected chi connectivity index (χ1v) is 16.7. The van der Waals surface area contributed by atoms with Crippen LogP contribution in [0.5, 0.6) is 11.5 Å². The predicted molar refractivity (Wildman–Crippen MR) is 161 cm³/mol. The highest BCUT2D eigenvalue weighted by atomic mass is 127. The molecule has 0 aliphatic rings. The van der Waals surface area contributed by atoms with Gasteiger partial charge in [0, 0.05) is 8.86 Å². The fourth-order valence-corrected chi connectivity index (χ4v) is 5.24. The van der Waals surface area contributed by atoms with E-state index in [0.29, 0.717) is 79.3 Å². The Kier molecular flexibility index (Phi) is 20.8.